The summed E-state index contributed by atoms with van der Waals surface area (Å²) >= 11 is 0. The minimum Gasteiger partial charge on any atom is -0.444 e. The number of carbonyl (C=O) groups is 1. The molecule has 5 heteroatoms. The monoisotopic (exact) mass is 327 g/mol. The lowest BCUT2D eigenvalue weighted by Gasteiger charge is -2.37. The number of hydrogen-bond acceptors (Lipinski definition) is 4. The summed E-state index contributed by atoms with van der Waals surface area (Å²) in [5.74, 6) is 0. The van der Waals surface area contributed by atoms with Gasteiger partial charge in [0.15, 0.2) is 0 Å². The maximum absolute atomic E-state index is 12.2. The van der Waals surface area contributed by atoms with Crippen LogP contribution in [0.1, 0.15) is 67.2 Å². The second-order valence-corrected chi connectivity index (χ2v) is 7.70. The molecule has 5 nitrogen and oxygen atoms in total. The quantitative estimate of drug-likeness (QED) is 0.754. The molecule has 136 valence electrons. The topological polar surface area (TPSA) is 53.6 Å². The number of rotatable bonds is 7. The van der Waals surface area contributed by atoms with Gasteiger partial charge < -0.3 is 20.3 Å². The second-order valence-electron chi connectivity index (χ2n) is 7.70. The van der Waals surface area contributed by atoms with Crippen LogP contribution in [0.2, 0.25) is 0 Å². The van der Waals surface area contributed by atoms with Gasteiger partial charge in [-0.05, 0) is 66.1 Å². The van der Waals surface area contributed by atoms with Gasteiger partial charge in [0.1, 0.15) is 5.60 Å². The van der Waals surface area contributed by atoms with Gasteiger partial charge in [-0.3, -0.25) is 0 Å². The van der Waals surface area contributed by atoms with E-state index in [2.05, 4.69) is 36.3 Å². The molecule has 0 saturated carbocycles. The van der Waals surface area contributed by atoms with Crippen LogP contribution in [-0.2, 0) is 4.74 Å². The molecular formula is C18H37N3O2. The van der Waals surface area contributed by atoms with E-state index < -0.39 is 5.60 Å². The minimum atomic E-state index is -0.461. The molecule has 23 heavy (non-hydrogen) atoms. The van der Waals surface area contributed by atoms with Crippen molar-refractivity contribution in [1.82, 2.24) is 15.5 Å². The Morgan fingerprint density at radius 3 is 2.13 bits per heavy atom. The number of amides is 1. The van der Waals surface area contributed by atoms with E-state index in [1.807, 2.05) is 20.8 Å². The largest absolute Gasteiger partial charge is 0.444 e. The van der Waals surface area contributed by atoms with Crippen LogP contribution in [0.15, 0.2) is 0 Å². The number of piperidine rings is 1. The Labute approximate surface area is 142 Å². The molecule has 0 bridgehead atoms. The van der Waals surface area contributed by atoms with Gasteiger partial charge in [-0.25, -0.2) is 4.79 Å². The number of carbonyl (C=O) groups excluding carboxylic acids is 1. The van der Waals surface area contributed by atoms with E-state index in [9.17, 15) is 4.79 Å². The molecule has 0 aromatic rings. The highest BCUT2D eigenvalue weighted by molar-refractivity contribution is 5.68. The first-order valence-electron chi connectivity index (χ1n) is 9.20. The van der Waals surface area contributed by atoms with Crippen molar-refractivity contribution < 1.29 is 9.53 Å². The first-order chi connectivity index (χ1) is 10.7. The van der Waals surface area contributed by atoms with E-state index >= 15 is 0 Å². The average Bonchev–Trinajstić information content (AvgIpc) is 2.50. The normalized spacial score (nSPS) is 18.0. The molecule has 0 unspecified atom stereocenters. The molecule has 0 radical (unpaired) electrons. The fraction of sp³-hybridized carbons (Fsp3) is 0.944. The van der Waals surface area contributed by atoms with Crippen LogP contribution in [0.4, 0.5) is 4.79 Å². The summed E-state index contributed by atoms with van der Waals surface area (Å²) in [5, 5.41) is 6.79. The first kappa shape index (κ1) is 20.2. The highest BCUT2D eigenvalue weighted by Crippen LogP contribution is 2.18. The van der Waals surface area contributed by atoms with Crippen LogP contribution in [0.3, 0.4) is 0 Å². The summed E-state index contributed by atoms with van der Waals surface area (Å²) in [6.07, 6.45) is 3.84. The molecule has 1 aliphatic rings. The van der Waals surface area contributed by atoms with Crippen molar-refractivity contribution in [2.75, 3.05) is 26.2 Å². The molecule has 1 saturated heterocycles. The summed E-state index contributed by atoms with van der Waals surface area (Å²) in [4.78, 5) is 14.6. The summed E-state index contributed by atoms with van der Waals surface area (Å²) in [7, 11) is 0. The number of ether oxygens (including phenoxy) is 1. The molecule has 1 amide bonds. The van der Waals surface area contributed by atoms with E-state index in [4.69, 9.17) is 4.74 Å². The molecule has 0 atom stereocenters. The number of nitrogens with zero attached hydrogens (tertiary/aromatic N) is 1. The molecule has 1 fully saturated rings. The van der Waals surface area contributed by atoms with Gasteiger partial charge in [0.25, 0.3) is 0 Å². The van der Waals surface area contributed by atoms with Gasteiger partial charge in [-0.1, -0.05) is 20.8 Å². The lowest BCUT2D eigenvalue weighted by molar-refractivity contribution is 0.0441. The molecule has 0 aromatic heterocycles. The standard InChI is InChI=1S/C18H37N3O2/c1-7-18(8-2,20-16(22)23-17(4,5)6)14-19-15-10-12-21(9-3)13-11-15/h15,19H,7-14H2,1-6H3,(H,20,22). The maximum atomic E-state index is 12.2. The summed E-state index contributed by atoms with van der Waals surface area (Å²) < 4.78 is 5.43. The Balaban J connectivity index is 2.51. The zero-order valence-electron chi connectivity index (χ0n) is 16.0. The Hall–Kier alpha value is -0.810. The van der Waals surface area contributed by atoms with E-state index in [-0.39, 0.29) is 11.6 Å². The Morgan fingerprint density at radius 2 is 1.70 bits per heavy atom. The third kappa shape index (κ3) is 7.08. The van der Waals surface area contributed by atoms with E-state index in [0.717, 1.165) is 25.9 Å². The molecular weight excluding hydrogens is 290 g/mol. The SMILES string of the molecule is CCN1CCC(NCC(CC)(CC)NC(=O)OC(C)(C)C)CC1. The lowest BCUT2D eigenvalue weighted by atomic mass is 9.92. The van der Waals surface area contributed by atoms with Gasteiger partial charge >= 0.3 is 6.09 Å². The zero-order valence-corrected chi connectivity index (χ0v) is 16.0. The third-order valence-corrected chi connectivity index (χ3v) is 4.88. The lowest BCUT2D eigenvalue weighted by Crippen LogP contribution is -2.57. The zero-order chi connectivity index (χ0) is 17.5. The number of likely N-dealkylation sites (tertiary alicyclic amines) is 1. The summed E-state index contributed by atoms with van der Waals surface area (Å²) in [5.41, 5.74) is -0.693. The van der Waals surface area contributed by atoms with Crippen LogP contribution in [0.25, 0.3) is 0 Å². The predicted octanol–water partition coefficient (Wildman–Crippen LogP) is 3.14. The fourth-order valence-electron chi connectivity index (χ4n) is 3.03. The molecule has 2 N–H and O–H groups in total. The van der Waals surface area contributed by atoms with Gasteiger partial charge in [0, 0.05) is 12.6 Å². The fourth-order valence-corrected chi connectivity index (χ4v) is 3.03. The van der Waals surface area contributed by atoms with E-state index in [0.29, 0.717) is 6.04 Å². The third-order valence-electron chi connectivity index (χ3n) is 4.88. The number of hydrogen-bond donors (Lipinski definition) is 2. The van der Waals surface area contributed by atoms with E-state index in [1.54, 1.807) is 0 Å². The summed E-state index contributed by atoms with van der Waals surface area (Å²) in [6.45, 7) is 16.4. The van der Waals surface area contributed by atoms with Crippen molar-refractivity contribution >= 4 is 6.09 Å². The van der Waals surface area contributed by atoms with Crippen LogP contribution in [-0.4, -0.2) is 54.4 Å². The molecule has 1 rings (SSSR count). The first-order valence-corrected chi connectivity index (χ1v) is 9.20. The highest BCUT2D eigenvalue weighted by atomic mass is 16.6. The van der Waals surface area contributed by atoms with Crippen LogP contribution < -0.4 is 10.6 Å². The van der Waals surface area contributed by atoms with Crippen molar-refractivity contribution in [2.24, 2.45) is 0 Å². The van der Waals surface area contributed by atoms with Crippen molar-refractivity contribution in [3.8, 4) is 0 Å². The van der Waals surface area contributed by atoms with Crippen molar-refractivity contribution in [2.45, 2.75) is 84.4 Å². The predicted molar refractivity (Wildman–Crippen MR) is 95.8 cm³/mol. The Morgan fingerprint density at radius 1 is 1.13 bits per heavy atom. The average molecular weight is 328 g/mol. The molecule has 1 heterocycles. The maximum Gasteiger partial charge on any atom is 0.408 e. The molecule has 0 aromatic carbocycles. The van der Waals surface area contributed by atoms with Crippen LogP contribution >= 0.6 is 0 Å². The molecule has 0 aliphatic carbocycles. The van der Waals surface area contributed by atoms with Gasteiger partial charge in [0.05, 0.1) is 5.54 Å². The van der Waals surface area contributed by atoms with Crippen LogP contribution in [0.5, 0.6) is 0 Å². The smallest absolute Gasteiger partial charge is 0.408 e. The molecule has 0 spiro atoms. The van der Waals surface area contributed by atoms with Gasteiger partial charge in [0.2, 0.25) is 0 Å². The molecule has 1 aliphatic heterocycles. The van der Waals surface area contributed by atoms with Crippen LogP contribution in [0, 0.1) is 0 Å². The van der Waals surface area contributed by atoms with Crippen molar-refractivity contribution in [3.63, 3.8) is 0 Å². The number of nitrogens with one attached hydrogen (secondary N) is 2. The highest BCUT2D eigenvalue weighted by Gasteiger charge is 2.31. The van der Waals surface area contributed by atoms with Gasteiger partial charge in [-0.2, -0.15) is 0 Å². The van der Waals surface area contributed by atoms with Gasteiger partial charge in [-0.15, -0.1) is 0 Å². The van der Waals surface area contributed by atoms with Crippen molar-refractivity contribution in [1.29, 1.82) is 0 Å². The Bertz CT molecular complexity index is 354. The second kappa shape index (κ2) is 8.88. The minimum absolute atomic E-state index is 0.232. The Kier molecular flexibility index (Phi) is 7.81. The number of alkyl carbamates (subject to hydrolysis) is 1. The summed E-state index contributed by atoms with van der Waals surface area (Å²) in [6, 6.07) is 0.552. The van der Waals surface area contributed by atoms with Crippen molar-refractivity contribution in [3.05, 3.63) is 0 Å². The van der Waals surface area contributed by atoms with E-state index in [1.165, 1.54) is 25.9 Å².